The van der Waals surface area contributed by atoms with Crippen LogP contribution < -0.4 is 4.90 Å². The normalized spacial score (nSPS) is 22.7. The molecule has 0 atom stereocenters. The Hall–Kier alpha value is -0.650. The molecule has 1 aromatic heterocycles. The van der Waals surface area contributed by atoms with Gasteiger partial charge < -0.3 is 9.64 Å². The third kappa shape index (κ3) is 3.27. The zero-order valence-electron chi connectivity index (χ0n) is 11.1. The summed E-state index contributed by atoms with van der Waals surface area (Å²) >= 11 is 3.43. The number of pyridine rings is 1. The lowest BCUT2D eigenvalue weighted by Crippen LogP contribution is -2.49. The van der Waals surface area contributed by atoms with Gasteiger partial charge in [0.15, 0.2) is 0 Å². The van der Waals surface area contributed by atoms with E-state index in [4.69, 9.17) is 4.74 Å². The van der Waals surface area contributed by atoms with Gasteiger partial charge in [-0.15, -0.1) is 0 Å². The highest BCUT2D eigenvalue weighted by molar-refractivity contribution is 9.10. The van der Waals surface area contributed by atoms with Gasteiger partial charge in [0, 0.05) is 42.9 Å². The Kier molecular flexibility index (Phi) is 4.35. The van der Waals surface area contributed by atoms with Crippen molar-refractivity contribution in [1.29, 1.82) is 0 Å². The van der Waals surface area contributed by atoms with Gasteiger partial charge in [0.25, 0.3) is 0 Å². The van der Waals surface area contributed by atoms with E-state index >= 15 is 0 Å². The van der Waals surface area contributed by atoms with Crippen molar-refractivity contribution in [2.75, 3.05) is 44.3 Å². The second-order valence-electron chi connectivity index (χ2n) is 5.20. The van der Waals surface area contributed by atoms with E-state index in [0.717, 1.165) is 55.7 Å². The van der Waals surface area contributed by atoms with Gasteiger partial charge in [-0.3, -0.25) is 4.90 Å². The molecule has 0 unspecified atom stereocenters. The molecular formula is C14H20BrN3O. The van der Waals surface area contributed by atoms with Crippen LogP contribution in [0.4, 0.5) is 5.82 Å². The highest BCUT2D eigenvalue weighted by Crippen LogP contribution is 2.22. The number of nitrogens with zero attached hydrogens (tertiary/aromatic N) is 3. The highest BCUT2D eigenvalue weighted by atomic mass is 79.9. The number of anilines is 1. The van der Waals surface area contributed by atoms with Crippen molar-refractivity contribution >= 4 is 21.7 Å². The molecule has 0 N–H and O–H groups in total. The number of rotatable bonds is 2. The van der Waals surface area contributed by atoms with Crippen LogP contribution in [0.1, 0.15) is 12.8 Å². The molecule has 0 aromatic carbocycles. The quantitative estimate of drug-likeness (QED) is 0.833. The monoisotopic (exact) mass is 325 g/mol. The SMILES string of the molecule is Brc1ccc(N2CCC(N3CCOCC3)CC2)nc1. The summed E-state index contributed by atoms with van der Waals surface area (Å²) < 4.78 is 6.47. The van der Waals surface area contributed by atoms with Crippen molar-refractivity contribution in [1.82, 2.24) is 9.88 Å². The van der Waals surface area contributed by atoms with Gasteiger partial charge in [-0.05, 0) is 40.9 Å². The van der Waals surface area contributed by atoms with Gasteiger partial charge in [0.2, 0.25) is 0 Å². The highest BCUT2D eigenvalue weighted by Gasteiger charge is 2.26. The van der Waals surface area contributed by atoms with E-state index < -0.39 is 0 Å². The third-order valence-corrected chi connectivity index (χ3v) is 4.53. The fourth-order valence-corrected chi connectivity index (χ4v) is 3.19. The van der Waals surface area contributed by atoms with E-state index in [-0.39, 0.29) is 0 Å². The van der Waals surface area contributed by atoms with Gasteiger partial charge in [-0.1, -0.05) is 0 Å². The topological polar surface area (TPSA) is 28.6 Å². The fourth-order valence-electron chi connectivity index (χ4n) is 2.96. The minimum atomic E-state index is 0.732. The second-order valence-corrected chi connectivity index (χ2v) is 6.12. The number of piperidine rings is 1. The van der Waals surface area contributed by atoms with Gasteiger partial charge in [-0.25, -0.2) is 4.98 Å². The lowest BCUT2D eigenvalue weighted by Gasteiger charge is -2.40. The van der Waals surface area contributed by atoms with Crippen LogP contribution in [0.15, 0.2) is 22.8 Å². The summed E-state index contributed by atoms with van der Waals surface area (Å²) in [7, 11) is 0. The predicted octanol–water partition coefficient (Wildman–Crippen LogP) is 2.15. The summed E-state index contributed by atoms with van der Waals surface area (Å²) in [5.74, 6) is 1.10. The Morgan fingerprint density at radius 2 is 1.84 bits per heavy atom. The molecule has 5 heteroatoms. The molecular weight excluding hydrogens is 306 g/mol. The Balaban J connectivity index is 1.55. The fraction of sp³-hybridized carbons (Fsp3) is 0.643. The minimum absolute atomic E-state index is 0.732. The van der Waals surface area contributed by atoms with E-state index in [9.17, 15) is 0 Å². The number of halogens is 1. The Bertz CT molecular complexity index is 398. The van der Waals surface area contributed by atoms with Gasteiger partial charge in [0.05, 0.1) is 13.2 Å². The molecule has 0 spiro atoms. The Labute approximate surface area is 122 Å². The molecule has 0 bridgehead atoms. The summed E-state index contributed by atoms with van der Waals surface area (Å²) in [5, 5.41) is 0. The zero-order valence-corrected chi connectivity index (χ0v) is 12.7. The van der Waals surface area contributed by atoms with Gasteiger partial charge in [-0.2, -0.15) is 0 Å². The van der Waals surface area contributed by atoms with Crippen LogP contribution in [0, 0.1) is 0 Å². The van der Waals surface area contributed by atoms with Crippen molar-refractivity contribution < 1.29 is 4.74 Å². The number of morpholine rings is 1. The van der Waals surface area contributed by atoms with Crippen molar-refractivity contribution in [3.63, 3.8) is 0 Å². The van der Waals surface area contributed by atoms with Crippen molar-refractivity contribution in [2.45, 2.75) is 18.9 Å². The van der Waals surface area contributed by atoms with E-state index in [1.54, 1.807) is 0 Å². The molecule has 2 fully saturated rings. The number of aromatic nitrogens is 1. The molecule has 2 aliphatic heterocycles. The molecule has 1 aromatic rings. The van der Waals surface area contributed by atoms with Crippen LogP contribution in [-0.2, 0) is 4.74 Å². The van der Waals surface area contributed by atoms with Gasteiger partial charge in [0.1, 0.15) is 5.82 Å². The molecule has 0 amide bonds. The maximum Gasteiger partial charge on any atom is 0.128 e. The lowest BCUT2D eigenvalue weighted by atomic mass is 10.0. The van der Waals surface area contributed by atoms with E-state index in [1.807, 2.05) is 6.20 Å². The van der Waals surface area contributed by atoms with Crippen molar-refractivity contribution in [3.8, 4) is 0 Å². The first-order valence-corrected chi connectivity index (χ1v) is 7.80. The van der Waals surface area contributed by atoms with Crippen molar-refractivity contribution in [2.24, 2.45) is 0 Å². The molecule has 3 heterocycles. The first-order chi connectivity index (χ1) is 9.33. The summed E-state index contributed by atoms with van der Waals surface area (Å²) in [6, 6.07) is 4.89. The molecule has 2 aliphatic rings. The molecule has 19 heavy (non-hydrogen) atoms. The maximum absolute atomic E-state index is 5.43. The van der Waals surface area contributed by atoms with Crippen molar-refractivity contribution in [3.05, 3.63) is 22.8 Å². The van der Waals surface area contributed by atoms with Crippen LogP contribution in [0.2, 0.25) is 0 Å². The van der Waals surface area contributed by atoms with E-state index in [1.165, 1.54) is 12.8 Å². The van der Waals surface area contributed by atoms with Crippen LogP contribution in [0.5, 0.6) is 0 Å². The van der Waals surface area contributed by atoms with Gasteiger partial charge >= 0.3 is 0 Å². The third-order valence-electron chi connectivity index (χ3n) is 4.06. The van der Waals surface area contributed by atoms with E-state index in [0.29, 0.717) is 0 Å². The number of hydrogen-bond acceptors (Lipinski definition) is 4. The summed E-state index contributed by atoms with van der Waals surface area (Å²) in [4.78, 5) is 9.47. The van der Waals surface area contributed by atoms with Crippen LogP contribution in [-0.4, -0.2) is 55.3 Å². The average molecular weight is 326 g/mol. The second kappa shape index (κ2) is 6.20. The standard InChI is InChI=1S/C14H20BrN3O/c15-12-1-2-14(16-11-12)18-5-3-13(4-6-18)17-7-9-19-10-8-17/h1-2,11,13H,3-10H2. The van der Waals surface area contributed by atoms with Crippen LogP contribution in [0.3, 0.4) is 0 Å². The number of hydrogen-bond donors (Lipinski definition) is 0. The molecule has 104 valence electrons. The molecule has 2 saturated heterocycles. The lowest BCUT2D eigenvalue weighted by molar-refractivity contribution is 0.0115. The first kappa shape index (κ1) is 13.3. The summed E-state index contributed by atoms with van der Waals surface area (Å²) in [5.41, 5.74) is 0. The Morgan fingerprint density at radius 3 is 2.47 bits per heavy atom. The summed E-state index contributed by atoms with van der Waals surface area (Å²) in [6.45, 7) is 6.21. The molecule has 0 radical (unpaired) electrons. The van der Waals surface area contributed by atoms with Crippen LogP contribution in [0.25, 0.3) is 0 Å². The smallest absolute Gasteiger partial charge is 0.128 e. The predicted molar refractivity (Wildman–Crippen MR) is 79.6 cm³/mol. The largest absolute Gasteiger partial charge is 0.379 e. The molecule has 4 nitrogen and oxygen atoms in total. The molecule has 0 saturated carbocycles. The maximum atomic E-state index is 5.43. The zero-order chi connectivity index (χ0) is 13.1. The number of ether oxygens (including phenoxy) is 1. The molecule has 0 aliphatic carbocycles. The summed E-state index contributed by atoms with van der Waals surface area (Å²) in [6.07, 6.45) is 4.35. The first-order valence-electron chi connectivity index (χ1n) is 7.01. The Morgan fingerprint density at radius 1 is 1.11 bits per heavy atom. The molecule has 3 rings (SSSR count). The average Bonchev–Trinajstić information content (AvgIpc) is 2.49. The van der Waals surface area contributed by atoms with E-state index in [2.05, 4.69) is 42.8 Å². The minimum Gasteiger partial charge on any atom is -0.379 e. The van der Waals surface area contributed by atoms with Crippen LogP contribution >= 0.6 is 15.9 Å².